The lowest BCUT2D eigenvalue weighted by Gasteiger charge is -2.00. The van der Waals surface area contributed by atoms with Gasteiger partial charge in [0.1, 0.15) is 0 Å². The Hall–Kier alpha value is -0.340. The number of hydrogen-bond acceptors (Lipinski definition) is 2. The zero-order valence-electron chi connectivity index (χ0n) is 9.58. The predicted molar refractivity (Wildman–Crippen MR) is 69.4 cm³/mol. The lowest BCUT2D eigenvalue weighted by atomic mass is 10.1. The number of thiophene rings is 1. The van der Waals surface area contributed by atoms with Crippen LogP contribution < -0.4 is 5.73 Å². The molecule has 86 valence electrons. The summed E-state index contributed by atoms with van der Waals surface area (Å²) in [7, 11) is 0. The Morgan fingerprint density at radius 1 is 0.933 bits per heavy atom. The number of unbranched alkanes of at least 4 members (excludes halogenated alkanes) is 6. The summed E-state index contributed by atoms with van der Waals surface area (Å²) in [4.78, 5) is 1.54. The van der Waals surface area contributed by atoms with E-state index in [-0.39, 0.29) is 0 Å². The summed E-state index contributed by atoms with van der Waals surface area (Å²) >= 11 is 1.88. The second-order valence-corrected chi connectivity index (χ2v) is 5.13. The van der Waals surface area contributed by atoms with Crippen LogP contribution in [0.3, 0.4) is 0 Å². The minimum Gasteiger partial charge on any atom is -0.330 e. The maximum absolute atomic E-state index is 5.45. The molecule has 0 saturated heterocycles. The van der Waals surface area contributed by atoms with Crippen LogP contribution >= 0.6 is 11.3 Å². The van der Waals surface area contributed by atoms with Gasteiger partial charge in [-0.3, -0.25) is 0 Å². The first-order valence-corrected chi connectivity index (χ1v) is 7.04. The molecule has 0 atom stereocenters. The highest BCUT2D eigenvalue weighted by Gasteiger charge is 1.94. The minimum absolute atomic E-state index is 0.860. The summed E-state index contributed by atoms with van der Waals surface area (Å²) in [5.41, 5.74) is 5.45. The van der Waals surface area contributed by atoms with E-state index in [0.717, 1.165) is 6.54 Å². The molecular formula is C13H23NS. The highest BCUT2D eigenvalue weighted by Crippen LogP contribution is 2.14. The molecule has 1 heterocycles. The normalized spacial score (nSPS) is 10.7. The lowest BCUT2D eigenvalue weighted by molar-refractivity contribution is 0.583. The molecule has 2 N–H and O–H groups in total. The average molecular weight is 225 g/mol. The van der Waals surface area contributed by atoms with E-state index in [4.69, 9.17) is 5.73 Å². The molecule has 1 nitrogen and oxygen atoms in total. The number of nitrogens with two attached hydrogens (primary N) is 1. The van der Waals surface area contributed by atoms with E-state index in [1.165, 1.54) is 56.2 Å². The Morgan fingerprint density at radius 3 is 2.20 bits per heavy atom. The van der Waals surface area contributed by atoms with E-state index in [9.17, 15) is 0 Å². The summed E-state index contributed by atoms with van der Waals surface area (Å²) in [6.45, 7) is 0.860. The van der Waals surface area contributed by atoms with E-state index in [1.54, 1.807) is 0 Å². The van der Waals surface area contributed by atoms with Crippen LogP contribution in [0.2, 0.25) is 0 Å². The maximum atomic E-state index is 5.45. The van der Waals surface area contributed by atoms with Crippen molar-refractivity contribution in [3.05, 3.63) is 22.4 Å². The Labute approximate surface area is 97.7 Å². The molecule has 0 aliphatic heterocycles. The first-order chi connectivity index (χ1) is 7.43. The largest absolute Gasteiger partial charge is 0.330 e. The highest BCUT2D eigenvalue weighted by atomic mass is 32.1. The van der Waals surface area contributed by atoms with Crippen LogP contribution in [0.4, 0.5) is 0 Å². The zero-order valence-corrected chi connectivity index (χ0v) is 10.4. The quantitative estimate of drug-likeness (QED) is 0.632. The summed E-state index contributed by atoms with van der Waals surface area (Å²) in [6.07, 6.45) is 10.7. The van der Waals surface area contributed by atoms with Crippen molar-refractivity contribution in [2.24, 2.45) is 5.73 Å². The molecule has 0 bridgehead atoms. The van der Waals surface area contributed by atoms with Gasteiger partial charge in [-0.05, 0) is 37.3 Å². The fourth-order valence-corrected chi connectivity index (χ4v) is 2.53. The molecule has 0 aliphatic carbocycles. The van der Waals surface area contributed by atoms with Gasteiger partial charge in [0, 0.05) is 4.88 Å². The van der Waals surface area contributed by atoms with E-state index in [0.29, 0.717) is 0 Å². The van der Waals surface area contributed by atoms with Crippen LogP contribution in [0.1, 0.15) is 49.8 Å². The van der Waals surface area contributed by atoms with Crippen molar-refractivity contribution in [1.29, 1.82) is 0 Å². The number of hydrogen-bond donors (Lipinski definition) is 1. The molecule has 0 saturated carbocycles. The van der Waals surface area contributed by atoms with Crippen LogP contribution in [0.25, 0.3) is 0 Å². The Kier molecular flexibility index (Phi) is 7.58. The van der Waals surface area contributed by atoms with Crippen LogP contribution in [0, 0.1) is 0 Å². The third kappa shape index (κ3) is 6.69. The average Bonchev–Trinajstić information content (AvgIpc) is 2.75. The summed E-state index contributed by atoms with van der Waals surface area (Å²) in [5, 5.41) is 2.17. The first-order valence-electron chi connectivity index (χ1n) is 6.16. The summed E-state index contributed by atoms with van der Waals surface area (Å²) < 4.78 is 0. The van der Waals surface area contributed by atoms with Gasteiger partial charge in [0.2, 0.25) is 0 Å². The van der Waals surface area contributed by atoms with Crippen LogP contribution in [0.5, 0.6) is 0 Å². The number of rotatable bonds is 9. The third-order valence-corrected chi connectivity index (χ3v) is 3.64. The molecule has 0 aromatic carbocycles. The van der Waals surface area contributed by atoms with Crippen molar-refractivity contribution in [1.82, 2.24) is 0 Å². The van der Waals surface area contributed by atoms with E-state index in [2.05, 4.69) is 17.5 Å². The number of aryl methyl sites for hydroxylation is 1. The van der Waals surface area contributed by atoms with E-state index < -0.39 is 0 Å². The zero-order chi connectivity index (χ0) is 10.8. The van der Waals surface area contributed by atoms with Crippen molar-refractivity contribution in [3.63, 3.8) is 0 Å². The van der Waals surface area contributed by atoms with Crippen LogP contribution in [-0.2, 0) is 6.42 Å². The van der Waals surface area contributed by atoms with Gasteiger partial charge in [0.25, 0.3) is 0 Å². The molecule has 1 aromatic heterocycles. The van der Waals surface area contributed by atoms with Gasteiger partial charge in [-0.1, -0.05) is 38.2 Å². The van der Waals surface area contributed by atoms with Crippen molar-refractivity contribution in [2.45, 2.75) is 51.4 Å². The Morgan fingerprint density at radius 2 is 1.60 bits per heavy atom. The van der Waals surface area contributed by atoms with E-state index in [1.807, 2.05) is 11.3 Å². The molecule has 0 radical (unpaired) electrons. The Bertz CT molecular complexity index is 218. The molecule has 0 amide bonds. The van der Waals surface area contributed by atoms with Crippen molar-refractivity contribution >= 4 is 11.3 Å². The molecule has 0 unspecified atom stereocenters. The second kappa shape index (κ2) is 8.93. The van der Waals surface area contributed by atoms with Gasteiger partial charge in [-0.2, -0.15) is 0 Å². The SMILES string of the molecule is NCCCCCCCCCc1cccs1. The second-order valence-electron chi connectivity index (χ2n) is 4.09. The van der Waals surface area contributed by atoms with Crippen LogP contribution in [-0.4, -0.2) is 6.54 Å². The topological polar surface area (TPSA) is 26.0 Å². The third-order valence-electron chi connectivity index (χ3n) is 2.71. The van der Waals surface area contributed by atoms with Gasteiger partial charge >= 0.3 is 0 Å². The molecular weight excluding hydrogens is 202 g/mol. The van der Waals surface area contributed by atoms with Crippen molar-refractivity contribution in [2.75, 3.05) is 6.54 Å². The molecule has 15 heavy (non-hydrogen) atoms. The smallest absolute Gasteiger partial charge is 0.00452 e. The molecule has 1 aromatic rings. The monoisotopic (exact) mass is 225 g/mol. The molecule has 1 rings (SSSR count). The fraction of sp³-hybridized carbons (Fsp3) is 0.692. The maximum Gasteiger partial charge on any atom is 0.00452 e. The summed E-state index contributed by atoms with van der Waals surface area (Å²) in [6, 6.07) is 4.39. The van der Waals surface area contributed by atoms with Gasteiger partial charge < -0.3 is 5.73 Å². The van der Waals surface area contributed by atoms with Gasteiger partial charge in [0.05, 0.1) is 0 Å². The van der Waals surface area contributed by atoms with Crippen molar-refractivity contribution < 1.29 is 0 Å². The Balaban J connectivity index is 1.81. The summed E-state index contributed by atoms with van der Waals surface area (Å²) in [5.74, 6) is 0. The highest BCUT2D eigenvalue weighted by molar-refractivity contribution is 7.09. The molecule has 2 heteroatoms. The molecule has 0 fully saturated rings. The van der Waals surface area contributed by atoms with Crippen molar-refractivity contribution in [3.8, 4) is 0 Å². The first kappa shape index (κ1) is 12.7. The van der Waals surface area contributed by atoms with Gasteiger partial charge in [-0.25, -0.2) is 0 Å². The minimum atomic E-state index is 0.860. The van der Waals surface area contributed by atoms with Crippen LogP contribution in [0.15, 0.2) is 17.5 Å². The van der Waals surface area contributed by atoms with Gasteiger partial charge in [-0.15, -0.1) is 11.3 Å². The molecule has 0 spiro atoms. The fourth-order valence-electron chi connectivity index (χ4n) is 1.78. The predicted octanol–water partition coefficient (Wildman–Crippen LogP) is 3.98. The van der Waals surface area contributed by atoms with Gasteiger partial charge in [0.15, 0.2) is 0 Å². The van der Waals surface area contributed by atoms with E-state index >= 15 is 0 Å². The standard InChI is InChI=1S/C13H23NS/c14-11-7-5-3-1-2-4-6-9-13-10-8-12-15-13/h8,10,12H,1-7,9,11,14H2. The molecule has 0 aliphatic rings. The lowest BCUT2D eigenvalue weighted by Crippen LogP contribution is -1.97.